The van der Waals surface area contributed by atoms with Gasteiger partial charge in [-0.1, -0.05) is 84.2 Å². The van der Waals surface area contributed by atoms with Crippen molar-refractivity contribution in [3.05, 3.63) is 69.2 Å². The normalized spacial score (nSPS) is 13.4. The average Bonchev–Trinajstić information content (AvgIpc) is 3.61. The second-order valence-electron chi connectivity index (χ2n) is 9.40. The number of halogens is 1. The molecule has 2 aromatic carbocycles. The highest BCUT2D eigenvalue weighted by atomic mass is 35.5. The third-order valence-electron chi connectivity index (χ3n) is 5.73. The fraction of sp³-hybridized carbons (Fsp3) is 0.567. The lowest BCUT2D eigenvalue weighted by molar-refractivity contribution is 0.0669. The van der Waals surface area contributed by atoms with Crippen LogP contribution in [0.3, 0.4) is 0 Å². The number of benzene rings is 2. The Labute approximate surface area is 213 Å². The third-order valence-corrected chi connectivity index (χ3v) is 5.96. The van der Waals surface area contributed by atoms with E-state index in [1.54, 1.807) is 6.07 Å². The largest absolute Gasteiger partial charge is 0.378 e. The first-order valence-corrected chi connectivity index (χ1v) is 13.4. The van der Waals surface area contributed by atoms with Gasteiger partial charge in [0, 0.05) is 23.7 Å². The van der Waals surface area contributed by atoms with Gasteiger partial charge >= 0.3 is 0 Å². The number of aryl methyl sites for hydroxylation is 1. The maximum absolute atomic E-state index is 12.8. The van der Waals surface area contributed by atoms with Gasteiger partial charge in [-0.15, -0.1) is 0 Å². The Balaban J connectivity index is 0.000000850. The second-order valence-corrected chi connectivity index (χ2v) is 9.83. The predicted octanol–water partition coefficient (Wildman–Crippen LogP) is 8.50. The maximum Gasteiger partial charge on any atom is 0.251 e. The van der Waals surface area contributed by atoms with Gasteiger partial charge in [0.1, 0.15) is 0 Å². The van der Waals surface area contributed by atoms with Crippen LogP contribution in [0.25, 0.3) is 0 Å². The van der Waals surface area contributed by atoms with Gasteiger partial charge in [-0.05, 0) is 79.0 Å². The van der Waals surface area contributed by atoms with E-state index >= 15 is 0 Å². The lowest BCUT2D eigenvalue weighted by atomic mass is 9.96. The average molecular weight is 488 g/mol. The number of amides is 1. The van der Waals surface area contributed by atoms with Crippen LogP contribution in [-0.2, 0) is 17.7 Å². The number of ether oxygens (including phenoxy) is 1. The summed E-state index contributed by atoms with van der Waals surface area (Å²) in [6, 6.07) is 11.9. The summed E-state index contributed by atoms with van der Waals surface area (Å²) < 4.78 is 5.79. The number of nitrogens with one attached hydrogen (secondary N) is 1. The SMILES string of the molecule is CC.CC1CC1.CCCOC(C)Cc1ccc(C)c(CNC(=O)c2ccc(Cl)cc2C(C)C)c1. The van der Waals surface area contributed by atoms with Gasteiger partial charge in [0.05, 0.1) is 6.10 Å². The predicted molar refractivity (Wildman–Crippen MR) is 147 cm³/mol. The van der Waals surface area contributed by atoms with Gasteiger partial charge in [0.15, 0.2) is 0 Å². The van der Waals surface area contributed by atoms with E-state index in [4.69, 9.17) is 16.3 Å². The van der Waals surface area contributed by atoms with Crippen LogP contribution < -0.4 is 5.32 Å². The summed E-state index contributed by atoms with van der Waals surface area (Å²) in [6.07, 6.45) is 5.06. The van der Waals surface area contributed by atoms with Crippen LogP contribution in [0, 0.1) is 12.8 Å². The van der Waals surface area contributed by atoms with Crippen LogP contribution in [0.1, 0.15) is 106 Å². The Morgan fingerprint density at radius 3 is 2.32 bits per heavy atom. The molecule has 190 valence electrons. The molecule has 0 aromatic heterocycles. The molecule has 2 aromatic rings. The smallest absolute Gasteiger partial charge is 0.251 e. The van der Waals surface area contributed by atoms with E-state index in [2.05, 4.69) is 65.1 Å². The summed E-state index contributed by atoms with van der Waals surface area (Å²) in [5.41, 5.74) is 5.19. The van der Waals surface area contributed by atoms with Gasteiger partial charge in [-0.3, -0.25) is 4.79 Å². The fourth-order valence-corrected chi connectivity index (χ4v) is 3.59. The minimum atomic E-state index is -0.0650. The van der Waals surface area contributed by atoms with E-state index < -0.39 is 0 Å². The molecule has 1 amide bonds. The van der Waals surface area contributed by atoms with Crippen molar-refractivity contribution in [1.82, 2.24) is 5.32 Å². The Morgan fingerprint density at radius 2 is 1.76 bits per heavy atom. The first-order valence-electron chi connectivity index (χ1n) is 13.0. The number of hydrogen-bond donors (Lipinski definition) is 1. The van der Waals surface area contributed by atoms with Gasteiger partial charge in [0.2, 0.25) is 0 Å². The number of carbonyl (C=O) groups excluding carboxylic acids is 1. The lowest BCUT2D eigenvalue weighted by Gasteiger charge is -2.16. The quantitative estimate of drug-likeness (QED) is 0.385. The summed E-state index contributed by atoms with van der Waals surface area (Å²) in [5.74, 6) is 1.25. The molecule has 1 fully saturated rings. The highest BCUT2D eigenvalue weighted by Crippen LogP contribution is 2.26. The number of rotatable bonds is 9. The van der Waals surface area contributed by atoms with E-state index in [1.165, 1.54) is 24.0 Å². The molecule has 3 rings (SSSR count). The summed E-state index contributed by atoms with van der Waals surface area (Å²) in [5, 5.41) is 3.73. The van der Waals surface area contributed by atoms with E-state index in [9.17, 15) is 4.79 Å². The molecule has 0 bridgehead atoms. The molecule has 3 nitrogen and oxygen atoms in total. The first-order chi connectivity index (χ1) is 16.2. The second kappa shape index (κ2) is 15.9. The summed E-state index contributed by atoms with van der Waals surface area (Å²) in [7, 11) is 0. The van der Waals surface area contributed by atoms with Crippen molar-refractivity contribution in [2.45, 2.75) is 99.6 Å². The molecule has 1 aliphatic rings. The van der Waals surface area contributed by atoms with Crippen molar-refractivity contribution in [1.29, 1.82) is 0 Å². The Morgan fingerprint density at radius 1 is 1.12 bits per heavy atom. The molecule has 1 N–H and O–H groups in total. The highest BCUT2D eigenvalue weighted by Gasteiger charge is 2.15. The van der Waals surface area contributed by atoms with Crippen LogP contribution in [0.15, 0.2) is 36.4 Å². The van der Waals surface area contributed by atoms with Crippen LogP contribution >= 0.6 is 11.6 Å². The Hall–Kier alpha value is -1.84. The minimum absolute atomic E-state index is 0.0650. The van der Waals surface area contributed by atoms with Gasteiger partial charge in [-0.25, -0.2) is 0 Å². The molecule has 0 spiro atoms. The lowest BCUT2D eigenvalue weighted by Crippen LogP contribution is -2.24. The monoisotopic (exact) mass is 487 g/mol. The Kier molecular flexibility index (Phi) is 14.2. The molecule has 0 saturated heterocycles. The molecule has 34 heavy (non-hydrogen) atoms. The fourth-order valence-electron chi connectivity index (χ4n) is 3.41. The van der Waals surface area contributed by atoms with Crippen LogP contribution in [-0.4, -0.2) is 18.6 Å². The van der Waals surface area contributed by atoms with Crippen LogP contribution in [0.2, 0.25) is 5.02 Å². The topological polar surface area (TPSA) is 38.3 Å². The van der Waals surface area contributed by atoms with E-state index in [-0.39, 0.29) is 17.9 Å². The molecule has 1 unspecified atom stereocenters. The molecular formula is C30H46ClNO2. The summed E-state index contributed by atoms with van der Waals surface area (Å²) >= 11 is 6.11. The van der Waals surface area contributed by atoms with Crippen LogP contribution in [0.5, 0.6) is 0 Å². The molecule has 0 radical (unpaired) electrons. The summed E-state index contributed by atoms with van der Waals surface area (Å²) in [6.45, 7) is 18.0. The molecular weight excluding hydrogens is 442 g/mol. The van der Waals surface area contributed by atoms with E-state index in [0.717, 1.165) is 36.5 Å². The molecule has 4 heteroatoms. The van der Waals surface area contributed by atoms with Crippen molar-refractivity contribution in [3.63, 3.8) is 0 Å². The molecule has 1 aliphatic carbocycles. The van der Waals surface area contributed by atoms with Crippen LogP contribution in [0.4, 0.5) is 0 Å². The number of carbonyl (C=O) groups is 1. The van der Waals surface area contributed by atoms with E-state index in [1.807, 2.05) is 26.0 Å². The molecule has 0 heterocycles. The van der Waals surface area contributed by atoms with Gasteiger partial charge < -0.3 is 10.1 Å². The van der Waals surface area contributed by atoms with Crippen molar-refractivity contribution in [2.75, 3.05) is 6.61 Å². The first kappa shape index (κ1) is 30.2. The zero-order chi connectivity index (χ0) is 25.7. The molecule has 1 atom stereocenters. The molecule has 1 saturated carbocycles. The standard InChI is InChI=1S/C24H32ClNO2.C4H8.C2H6/c1-6-11-28-18(5)12-19-8-7-17(4)20(13-19)15-26-24(27)22-10-9-21(25)14-23(22)16(2)3;1-4-2-3-4;1-2/h7-10,13-14,16,18H,6,11-12,15H2,1-5H3,(H,26,27);4H,2-3H2,1H3;1-2H3. The van der Waals surface area contributed by atoms with Gasteiger partial charge in [0.25, 0.3) is 5.91 Å². The number of hydrogen-bond acceptors (Lipinski definition) is 2. The molecule has 0 aliphatic heterocycles. The minimum Gasteiger partial charge on any atom is -0.378 e. The Bertz CT molecular complexity index is 874. The van der Waals surface area contributed by atoms with Crippen molar-refractivity contribution in [3.8, 4) is 0 Å². The van der Waals surface area contributed by atoms with Gasteiger partial charge in [-0.2, -0.15) is 0 Å². The zero-order valence-electron chi connectivity index (χ0n) is 22.6. The maximum atomic E-state index is 12.8. The van der Waals surface area contributed by atoms with Crippen molar-refractivity contribution >= 4 is 17.5 Å². The summed E-state index contributed by atoms with van der Waals surface area (Å²) in [4.78, 5) is 12.8. The third kappa shape index (κ3) is 11.1. The highest BCUT2D eigenvalue weighted by molar-refractivity contribution is 6.30. The van der Waals surface area contributed by atoms with Crippen molar-refractivity contribution in [2.24, 2.45) is 5.92 Å². The van der Waals surface area contributed by atoms with E-state index in [0.29, 0.717) is 17.1 Å². The van der Waals surface area contributed by atoms with Crippen molar-refractivity contribution < 1.29 is 9.53 Å². The zero-order valence-corrected chi connectivity index (χ0v) is 23.4.